The Morgan fingerprint density at radius 3 is 2.55 bits per heavy atom. The van der Waals surface area contributed by atoms with Crippen LogP contribution in [-0.4, -0.2) is 9.55 Å². The Bertz CT molecular complexity index is 830. The van der Waals surface area contributed by atoms with E-state index in [1.807, 2.05) is 6.07 Å². The van der Waals surface area contributed by atoms with E-state index in [0.717, 1.165) is 15.0 Å². The minimum absolute atomic E-state index is 0.0405. The van der Waals surface area contributed by atoms with E-state index in [1.165, 1.54) is 10.6 Å². The normalized spacial score (nSPS) is 11.2. The van der Waals surface area contributed by atoms with Gasteiger partial charge >= 0.3 is 0 Å². The summed E-state index contributed by atoms with van der Waals surface area (Å²) in [5.41, 5.74) is 6.81. The highest BCUT2D eigenvalue weighted by molar-refractivity contribution is 9.11. The number of rotatable bonds is 1. The van der Waals surface area contributed by atoms with Crippen LogP contribution in [0.5, 0.6) is 0 Å². The van der Waals surface area contributed by atoms with Crippen LogP contribution in [0.2, 0.25) is 0 Å². The molecule has 20 heavy (non-hydrogen) atoms. The van der Waals surface area contributed by atoms with E-state index in [9.17, 15) is 8.78 Å². The summed E-state index contributed by atoms with van der Waals surface area (Å²) < 4.78 is 30.2. The molecule has 0 bridgehead atoms. The molecule has 3 aromatic rings. The van der Waals surface area contributed by atoms with E-state index < -0.39 is 11.6 Å². The number of anilines is 1. The Labute approximate surface area is 129 Å². The van der Waals surface area contributed by atoms with Crippen molar-refractivity contribution in [3.05, 3.63) is 50.9 Å². The van der Waals surface area contributed by atoms with Gasteiger partial charge < -0.3 is 5.73 Å². The molecule has 7 heteroatoms. The molecule has 1 aromatic heterocycles. The lowest BCUT2D eigenvalue weighted by Gasteiger charge is -2.09. The molecule has 0 radical (unpaired) electrons. The fraction of sp³-hybridized carbons (Fsp3) is 0. The van der Waals surface area contributed by atoms with E-state index >= 15 is 0 Å². The maximum atomic E-state index is 13.7. The predicted molar refractivity (Wildman–Crippen MR) is 80.8 cm³/mol. The van der Waals surface area contributed by atoms with Crippen molar-refractivity contribution in [1.82, 2.24) is 9.55 Å². The van der Waals surface area contributed by atoms with Gasteiger partial charge in [0, 0.05) is 21.1 Å². The molecule has 102 valence electrons. The zero-order valence-corrected chi connectivity index (χ0v) is 13.0. The molecule has 1 heterocycles. The third kappa shape index (κ3) is 2.10. The molecule has 3 nitrogen and oxygen atoms in total. The Hall–Kier alpha value is -1.47. The number of hydrogen-bond acceptors (Lipinski definition) is 2. The molecule has 0 aliphatic heterocycles. The molecule has 0 aliphatic carbocycles. The van der Waals surface area contributed by atoms with Gasteiger partial charge in [0.1, 0.15) is 11.3 Å². The van der Waals surface area contributed by atoms with Gasteiger partial charge in [-0.1, -0.05) is 15.9 Å². The molecule has 0 spiro atoms. The molecule has 3 rings (SSSR count). The second kappa shape index (κ2) is 4.82. The Balaban J connectivity index is 2.38. The summed E-state index contributed by atoms with van der Waals surface area (Å²) in [4.78, 5) is 3.96. The molecule has 0 amide bonds. The van der Waals surface area contributed by atoms with Crippen molar-refractivity contribution in [1.29, 1.82) is 0 Å². The van der Waals surface area contributed by atoms with Crippen LogP contribution in [-0.2, 0) is 0 Å². The highest BCUT2D eigenvalue weighted by Gasteiger charge is 2.16. The molecular weight excluding hydrogens is 396 g/mol. The van der Waals surface area contributed by atoms with Gasteiger partial charge in [0.05, 0.1) is 11.2 Å². The Kier molecular flexibility index (Phi) is 3.25. The number of nitrogens with zero attached hydrogens (tertiary/aromatic N) is 2. The van der Waals surface area contributed by atoms with Crippen LogP contribution in [0.15, 0.2) is 39.3 Å². The van der Waals surface area contributed by atoms with Crippen LogP contribution in [0.4, 0.5) is 14.7 Å². The largest absolute Gasteiger partial charge is 0.369 e. The summed E-state index contributed by atoms with van der Waals surface area (Å²) in [6, 6.07) is 7.39. The van der Waals surface area contributed by atoms with Crippen LogP contribution in [0.25, 0.3) is 16.7 Å². The summed E-state index contributed by atoms with van der Waals surface area (Å²) in [5.74, 6) is -1.32. The molecule has 0 unspecified atom stereocenters. The molecule has 0 atom stereocenters. The van der Waals surface area contributed by atoms with E-state index in [-0.39, 0.29) is 17.0 Å². The van der Waals surface area contributed by atoms with Gasteiger partial charge in [-0.15, -0.1) is 0 Å². The van der Waals surface area contributed by atoms with Gasteiger partial charge in [0.2, 0.25) is 5.95 Å². The number of hydrogen-bond donors (Lipinski definition) is 1. The summed E-state index contributed by atoms with van der Waals surface area (Å²) >= 11 is 6.75. The van der Waals surface area contributed by atoms with Gasteiger partial charge in [-0.2, -0.15) is 0 Å². The lowest BCUT2D eigenvalue weighted by Crippen LogP contribution is -2.01. The first-order valence-electron chi connectivity index (χ1n) is 5.56. The first-order valence-corrected chi connectivity index (χ1v) is 7.14. The van der Waals surface area contributed by atoms with Crippen molar-refractivity contribution in [3.63, 3.8) is 0 Å². The monoisotopic (exact) mass is 401 g/mol. The molecule has 2 N–H and O–H groups in total. The second-order valence-electron chi connectivity index (χ2n) is 4.16. The van der Waals surface area contributed by atoms with Crippen molar-refractivity contribution in [2.75, 3.05) is 5.73 Å². The number of fused-ring (bicyclic) bond motifs is 1. The molecule has 0 saturated heterocycles. The minimum Gasteiger partial charge on any atom is -0.369 e. The van der Waals surface area contributed by atoms with Gasteiger partial charge in [0.15, 0.2) is 5.82 Å². The highest BCUT2D eigenvalue weighted by Crippen LogP contribution is 2.31. The lowest BCUT2D eigenvalue weighted by atomic mass is 10.2. The quantitative estimate of drug-likeness (QED) is 0.655. The summed E-state index contributed by atoms with van der Waals surface area (Å²) in [6.45, 7) is 0. The summed E-state index contributed by atoms with van der Waals surface area (Å²) in [6.07, 6.45) is 0. The zero-order chi connectivity index (χ0) is 14.4. The number of halogens is 4. The standard InChI is InChI=1S/C13H7Br2F2N3/c14-6-1-2-10(8(15)3-6)20-11-5-7(16)4-9(17)12(11)19-13(20)18/h1-5H,(H2,18,19). The lowest BCUT2D eigenvalue weighted by molar-refractivity contribution is 0.590. The smallest absolute Gasteiger partial charge is 0.206 e. The van der Waals surface area contributed by atoms with E-state index in [0.29, 0.717) is 5.69 Å². The van der Waals surface area contributed by atoms with Crippen LogP contribution in [0.1, 0.15) is 0 Å². The van der Waals surface area contributed by atoms with E-state index in [2.05, 4.69) is 36.8 Å². The summed E-state index contributed by atoms with van der Waals surface area (Å²) in [5, 5.41) is 0. The molecule has 0 saturated carbocycles. The third-order valence-corrected chi connectivity index (χ3v) is 3.98. The predicted octanol–water partition coefficient (Wildman–Crippen LogP) is 4.41. The fourth-order valence-electron chi connectivity index (χ4n) is 2.04. The molecule has 0 aliphatic rings. The maximum Gasteiger partial charge on any atom is 0.206 e. The topological polar surface area (TPSA) is 43.8 Å². The number of benzene rings is 2. The number of nitrogens with two attached hydrogens (primary N) is 1. The van der Waals surface area contributed by atoms with Crippen LogP contribution < -0.4 is 5.73 Å². The van der Waals surface area contributed by atoms with Gasteiger partial charge in [-0.25, -0.2) is 13.8 Å². The maximum absolute atomic E-state index is 13.7. The van der Waals surface area contributed by atoms with Crippen molar-refractivity contribution in [2.24, 2.45) is 0 Å². The molecular formula is C13H7Br2F2N3. The van der Waals surface area contributed by atoms with Crippen LogP contribution >= 0.6 is 31.9 Å². The van der Waals surface area contributed by atoms with E-state index in [1.54, 1.807) is 12.1 Å². The summed E-state index contributed by atoms with van der Waals surface area (Å²) in [7, 11) is 0. The Morgan fingerprint density at radius 1 is 1.10 bits per heavy atom. The van der Waals surface area contributed by atoms with Crippen molar-refractivity contribution < 1.29 is 8.78 Å². The number of nitrogen functional groups attached to an aromatic ring is 1. The molecule has 2 aromatic carbocycles. The zero-order valence-electron chi connectivity index (χ0n) is 9.87. The van der Waals surface area contributed by atoms with Crippen LogP contribution in [0.3, 0.4) is 0 Å². The van der Waals surface area contributed by atoms with Gasteiger partial charge in [0.25, 0.3) is 0 Å². The fourth-order valence-corrected chi connectivity index (χ4v) is 3.26. The SMILES string of the molecule is Nc1nc2c(F)cc(F)cc2n1-c1ccc(Br)cc1Br. The number of imidazole rings is 1. The first-order chi connectivity index (χ1) is 9.47. The van der Waals surface area contributed by atoms with Crippen molar-refractivity contribution in [2.45, 2.75) is 0 Å². The van der Waals surface area contributed by atoms with Gasteiger partial charge in [-0.3, -0.25) is 4.57 Å². The second-order valence-corrected chi connectivity index (χ2v) is 5.93. The minimum atomic E-state index is -0.737. The Morgan fingerprint density at radius 2 is 1.85 bits per heavy atom. The van der Waals surface area contributed by atoms with Crippen molar-refractivity contribution in [3.8, 4) is 5.69 Å². The highest BCUT2D eigenvalue weighted by atomic mass is 79.9. The van der Waals surface area contributed by atoms with Crippen molar-refractivity contribution >= 4 is 48.8 Å². The average molecular weight is 403 g/mol. The van der Waals surface area contributed by atoms with Crippen LogP contribution in [0, 0.1) is 11.6 Å². The average Bonchev–Trinajstić information content (AvgIpc) is 2.67. The van der Waals surface area contributed by atoms with E-state index in [4.69, 9.17) is 5.73 Å². The molecule has 0 fully saturated rings. The number of aromatic nitrogens is 2. The first kappa shape index (κ1) is 13.5. The van der Waals surface area contributed by atoms with Gasteiger partial charge in [-0.05, 0) is 34.1 Å². The third-order valence-electron chi connectivity index (χ3n) is 2.86.